The SMILES string of the molecule is CC(CNc1ccc2ccc3cccnc3c2n1)N1CCOCC1. The van der Waals surface area contributed by atoms with Gasteiger partial charge in [-0.3, -0.25) is 9.88 Å². The fourth-order valence-electron chi connectivity index (χ4n) is 3.22. The molecule has 0 amide bonds. The average Bonchev–Trinajstić information content (AvgIpc) is 2.66. The molecule has 1 fully saturated rings. The molecule has 1 aliphatic heterocycles. The number of anilines is 1. The number of nitrogens with zero attached hydrogens (tertiary/aromatic N) is 3. The van der Waals surface area contributed by atoms with E-state index in [2.05, 4.69) is 46.4 Å². The predicted octanol–water partition coefficient (Wildman–Crippen LogP) is 2.92. The molecule has 3 heterocycles. The normalized spacial score (nSPS) is 17.2. The van der Waals surface area contributed by atoms with Crippen molar-refractivity contribution in [2.24, 2.45) is 0 Å². The molecule has 3 aromatic rings. The van der Waals surface area contributed by atoms with E-state index in [0.29, 0.717) is 6.04 Å². The van der Waals surface area contributed by atoms with Gasteiger partial charge in [-0.1, -0.05) is 18.2 Å². The molecule has 24 heavy (non-hydrogen) atoms. The molecule has 4 rings (SSSR count). The lowest BCUT2D eigenvalue weighted by Crippen LogP contribution is -2.45. The molecule has 1 aliphatic rings. The Kier molecular flexibility index (Phi) is 4.28. The molecule has 0 aliphatic carbocycles. The Morgan fingerprint density at radius 1 is 1.08 bits per heavy atom. The molecule has 5 heteroatoms. The lowest BCUT2D eigenvalue weighted by atomic mass is 10.1. The number of nitrogens with one attached hydrogen (secondary N) is 1. The Morgan fingerprint density at radius 3 is 2.67 bits per heavy atom. The van der Waals surface area contributed by atoms with Gasteiger partial charge in [0.25, 0.3) is 0 Å². The first-order valence-corrected chi connectivity index (χ1v) is 8.51. The molecule has 2 aromatic heterocycles. The topological polar surface area (TPSA) is 50.3 Å². The van der Waals surface area contributed by atoms with Crippen molar-refractivity contribution in [3.8, 4) is 0 Å². The quantitative estimate of drug-likeness (QED) is 0.749. The number of hydrogen-bond acceptors (Lipinski definition) is 5. The molecule has 5 nitrogen and oxygen atoms in total. The molecule has 1 aromatic carbocycles. The molecule has 0 radical (unpaired) electrons. The molecular formula is C19H22N4O. The fourth-order valence-corrected chi connectivity index (χ4v) is 3.22. The molecule has 0 saturated carbocycles. The number of morpholine rings is 1. The highest BCUT2D eigenvalue weighted by Crippen LogP contribution is 2.23. The summed E-state index contributed by atoms with van der Waals surface area (Å²) in [7, 11) is 0. The van der Waals surface area contributed by atoms with Gasteiger partial charge in [0.1, 0.15) is 5.82 Å². The summed E-state index contributed by atoms with van der Waals surface area (Å²) >= 11 is 0. The van der Waals surface area contributed by atoms with Gasteiger partial charge in [0, 0.05) is 42.6 Å². The summed E-state index contributed by atoms with van der Waals surface area (Å²) < 4.78 is 5.42. The smallest absolute Gasteiger partial charge is 0.126 e. The molecule has 124 valence electrons. The highest BCUT2D eigenvalue weighted by atomic mass is 16.5. The van der Waals surface area contributed by atoms with Gasteiger partial charge < -0.3 is 10.1 Å². The van der Waals surface area contributed by atoms with Crippen molar-refractivity contribution >= 4 is 27.6 Å². The van der Waals surface area contributed by atoms with E-state index in [4.69, 9.17) is 9.72 Å². The molecule has 0 bridgehead atoms. The van der Waals surface area contributed by atoms with Gasteiger partial charge in [-0.05, 0) is 25.1 Å². The molecule has 0 spiro atoms. The minimum atomic E-state index is 0.456. The van der Waals surface area contributed by atoms with Crippen LogP contribution < -0.4 is 5.32 Å². The van der Waals surface area contributed by atoms with Crippen LogP contribution in [0.15, 0.2) is 42.6 Å². The summed E-state index contributed by atoms with van der Waals surface area (Å²) in [4.78, 5) is 11.8. The van der Waals surface area contributed by atoms with Crippen LogP contribution in [-0.2, 0) is 4.74 Å². The molecular weight excluding hydrogens is 300 g/mol. The fraction of sp³-hybridized carbons (Fsp3) is 0.368. The molecule has 1 saturated heterocycles. The van der Waals surface area contributed by atoms with Crippen LogP contribution in [0.5, 0.6) is 0 Å². The van der Waals surface area contributed by atoms with Crippen molar-refractivity contribution in [1.82, 2.24) is 14.9 Å². The third-order valence-corrected chi connectivity index (χ3v) is 4.68. The Hall–Kier alpha value is -2.24. The van der Waals surface area contributed by atoms with E-state index in [1.165, 1.54) is 0 Å². The second-order valence-corrected chi connectivity index (χ2v) is 6.29. The summed E-state index contributed by atoms with van der Waals surface area (Å²) in [6.07, 6.45) is 1.82. The molecule has 1 N–H and O–H groups in total. The second kappa shape index (κ2) is 6.71. The number of fused-ring (bicyclic) bond motifs is 3. The first-order chi connectivity index (χ1) is 11.8. The van der Waals surface area contributed by atoms with Crippen LogP contribution in [0.4, 0.5) is 5.82 Å². The van der Waals surface area contributed by atoms with E-state index in [1.807, 2.05) is 18.3 Å². The van der Waals surface area contributed by atoms with Crippen molar-refractivity contribution < 1.29 is 4.74 Å². The standard InChI is InChI=1S/C19H22N4O/c1-14(23-9-11-24-12-10-23)13-21-17-7-6-16-5-4-15-3-2-8-20-18(15)19(16)22-17/h2-8,14H,9-13H2,1H3,(H,21,22). The summed E-state index contributed by atoms with van der Waals surface area (Å²) in [5, 5.41) is 5.72. The van der Waals surface area contributed by atoms with Crippen molar-refractivity contribution in [3.63, 3.8) is 0 Å². The van der Waals surface area contributed by atoms with Gasteiger partial charge in [0.15, 0.2) is 0 Å². The average molecular weight is 322 g/mol. The van der Waals surface area contributed by atoms with Crippen molar-refractivity contribution in [1.29, 1.82) is 0 Å². The minimum Gasteiger partial charge on any atom is -0.379 e. The Labute approximate surface area is 141 Å². The van der Waals surface area contributed by atoms with E-state index in [1.54, 1.807) is 0 Å². The maximum atomic E-state index is 5.42. The maximum absolute atomic E-state index is 5.42. The Morgan fingerprint density at radius 2 is 1.83 bits per heavy atom. The predicted molar refractivity (Wildman–Crippen MR) is 97.4 cm³/mol. The minimum absolute atomic E-state index is 0.456. The van der Waals surface area contributed by atoms with Crippen LogP contribution in [0.25, 0.3) is 21.8 Å². The lowest BCUT2D eigenvalue weighted by Gasteiger charge is -2.32. The number of pyridine rings is 2. The van der Waals surface area contributed by atoms with Crippen LogP contribution >= 0.6 is 0 Å². The Balaban J connectivity index is 1.55. The van der Waals surface area contributed by atoms with E-state index < -0.39 is 0 Å². The van der Waals surface area contributed by atoms with Crippen LogP contribution in [-0.4, -0.2) is 53.8 Å². The molecule has 1 unspecified atom stereocenters. The van der Waals surface area contributed by atoms with E-state index in [-0.39, 0.29) is 0 Å². The van der Waals surface area contributed by atoms with Gasteiger partial charge in [0.05, 0.1) is 24.2 Å². The van der Waals surface area contributed by atoms with Crippen LogP contribution in [0.3, 0.4) is 0 Å². The van der Waals surface area contributed by atoms with Gasteiger partial charge in [-0.25, -0.2) is 4.98 Å². The number of aromatic nitrogens is 2. The summed E-state index contributed by atoms with van der Waals surface area (Å²) in [6.45, 7) is 6.78. The number of benzene rings is 1. The lowest BCUT2D eigenvalue weighted by molar-refractivity contribution is 0.0227. The van der Waals surface area contributed by atoms with E-state index >= 15 is 0 Å². The van der Waals surface area contributed by atoms with E-state index in [9.17, 15) is 0 Å². The summed E-state index contributed by atoms with van der Waals surface area (Å²) in [6, 6.07) is 12.8. The summed E-state index contributed by atoms with van der Waals surface area (Å²) in [5.41, 5.74) is 1.91. The van der Waals surface area contributed by atoms with Crippen LogP contribution in [0.1, 0.15) is 6.92 Å². The highest BCUT2D eigenvalue weighted by Gasteiger charge is 2.16. The number of hydrogen-bond donors (Lipinski definition) is 1. The zero-order valence-electron chi connectivity index (χ0n) is 13.9. The summed E-state index contributed by atoms with van der Waals surface area (Å²) in [5.74, 6) is 0.903. The number of rotatable bonds is 4. The van der Waals surface area contributed by atoms with Crippen LogP contribution in [0.2, 0.25) is 0 Å². The highest BCUT2D eigenvalue weighted by molar-refractivity contribution is 6.03. The Bertz CT molecular complexity index is 845. The zero-order valence-corrected chi connectivity index (χ0v) is 13.9. The number of ether oxygens (including phenoxy) is 1. The van der Waals surface area contributed by atoms with Gasteiger partial charge in [0.2, 0.25) is 0 Å². The first kappa shape index (κ1) is 15.3. The second-order valence-electron chi connectivity index (χ2n) is 6.29. The van der Waals surface area contributed by atoms with E-state index in [0.717, 1.165) is 60.5 Å². The first-order valence-electron chi connectivity index (χ1n) is 8.51. The van der Waals surface area contributed by atoms with Gasteiger partial charge in [-0.2, -0.15) is 0 Å². The van der Waals surface area contributed by atoms with Crippen molar-refractivity contribution in [2.75, 3.05) is 38.2 Å². The molecule has 1 atom stereocenters. The van der Waals surface area contributed by atoms with Crippen LogP contribution in [0, 0.1) is 0 Å². The van der Waals surface area contributed by atoms with Gasteiger partial charge >= 0.3 is 0 Å². The monoisotopic (exact) mass is 322 g/mol. The van der Waals surface area contributed by atoms with Gasteiger partial charge in [-0.15, -0.1) is 0 Å². The third-order valence-electron chi connectivity index (χ3n) is 4.68. The maximum Gasteiger partial charge on any atom is 0.126 e. The zero-order chi connectivity index (χ0) is 16.4. The third kappa shape index (κ3) is 3.05. The van der Waals surface area contributed by atoms with Crippen molar-refractivity contribution in [2.45, 2.75) is 13.0 Å². The van der Waals surface area contributed by atoms with Crippen molar-refractivity contribution in [3.05, 3.63) is 42.6 Å². The largest absolute Gasteiger partial charge is 0.379 e.